The van der Waals surface area contributed by atoms with E-state index in [0.717, 1.165) is 182 Å². The zero-order chi connectivity index (χ0) is 71.6. The molecule has 21 aromatic rings. The quantitative estimate of drug-likeness (QED) is 0.145. The Kier molecular flexibility index (Phi) is 13.1. The first-order valence-electron chi connectivity index (χ1n) is 37.4. The third-order valence-electron chi connectivity index (χ3n) is 23.7. The maximum Gasteiger partial charge on any atom is 0.104 e. The highest BCUT2D eigenvalue weighted by molar-refractivity contribution is 6.19. The Hall–Kier alpha value is -14.6. The van der Waals surface area contributed by atoms with E-state index < -0.39 is 5.41 Å². The fourth-order valence-corrected chi connectivity index (χ4v) is 19.3. The van der Waals surface area contributed by atoms with E-state index in [1.807, 2.05) is 6.20 Å². The fourth-order valence-electron chi connectivity index (χ4n) is 19.3. The van der Waals surface area contributed by atoms with Crippen LogP contribution in [-0.2, 0) is 5.41 Å². The van der Waals surface area contributed by atoms with Crippen molar-refractivity contribution in [2.75, 3.05) is 0 Å². The zero-order valence-electron chi connectivity index (χ0n) is 59.0. The van der Waals surface area contributed by atoms with E-state index in [4.69, 9.17) is 4.98 Å². The number of nitrogens with zero attached hydrogens (tertiary/aromatic N) is 6. The highest BCUT2D eigenvalue weighted by Crippen LogP contribution is 2.65. The van der Waals surface area contributed by atoms with Gasteiger partial charge in [-0.1, -0.05) is 285 Å². The Morgan fingerprint density at radius 2 is 0.532 bits per heavy atom. The molecule has 0 saturated carbocycles. The van der Waals surface area contributed by atoms with Crippen molar-refractivity contribution in [3.05, 3.63) is 404 Å². The molecule has 0 fully saturated rings. The molecule has 1 spiro atoms. The second kappa shape index (κ2) is 23.4. The number of nitriles is 1. The smallest absolute Gasteiger partial charge is 0.104 e. The molecule has 6 nitrogen and oxygen atoms in total. The van der Waals surface area contributed by atoms with Gasteiger partial charge in [-0.25, -0.2) is 0 Å². The van der Waals surface area contributed by atoms with Crippen LogP contribution < -0.4 is 0 Å². The molecule has 0 N–H and O–H groups in total. The highest BCUT2D eigenvalue weighted by Gasteiger charge is 2.53. The summed E-state index contributed by atoms with van der Waals surface area (Å²) in [6, 6.07) is 137. The molecule has 0 atom stereocenters. The van der Waals surface area contributed by atoms with E-state index in [1.165, 1.54) is 27.8 Å². The van der Waals surface area contributed by atoms with E-state index >= 15 is 0 Å². The van der Waals surface area contributed by atoms with Crippen LogP contribution in [0.4, 0.5) is 0 Å². The first kappa shape index (κ1) is 60.7. The summed E-state index contributed by atoms with van der Waals surface area (Å²) in [5.74, 6) is 0. The van der Waals surface area contributed by atoms with Gasteiger partial charge in [-0.3, -0.25) is 4.98 Å². The van der Waals surface area contributed by atoms with Gasteiger partial charge >= 0.3 is 0 Å². The van der Waals surface area contributed by atoms with Gasteiger partial charge in [0.2, 0.25) is 0 Å². The molecule has 0 aliphatic heterocycles. The number of fused-ring (bicyclic) bond motifs is 22. The molecule has 6 heteroatoms. The minimum Gasteiger partial charge on any atom is -0.306 e. The Morgan fingerprint density at radius 3 is 0.908 bits per heavy atom. The van der Waals surface area contributed by atoms with Crippen LogP contribution in [0.3, 0.4) is 0 Å². The van der Waals surface area contributed by atoms with Crippen LogP contribution in [0.15, 0.2) is 376 Å². The first-order chi connectivity index (χ1) is 54.1. The molecule has 0 bridgehead atoms. The van der Waals surface area contributed by atoms with Gasteiger partial charge in [-0.15, -0.1) is 0 Å². The number of hydrogen-bond acceptors (Lipinski definition) is 2. The molecule has 5 heterocycles. The van der Waals surface area contributed by atoms with E-state index in [2.05, 4.69) is 395 Å². The lowest BCUT2D eigenvalue weighted by atomic mass is 9.70. The number of hydrogen-bond donors (Lipinski definition) is 0. The molecule has 5 aromatic heterocycles. The van der Waals surface area contributed by atoms with Crippen LogP contribution in [-0.4, -0.2) is 23.3 Å². The predicted molar refractivity (Wildman–Crippen MR) is 450 cm³/mol. The van der Waals surface area contributed by atoms with Crippen LogP contribution in [0.25, 0.3) is 188 Å². The van der Waals surface area contributed by atoms with Crippen LogP contribution >= 0.6 is 0 Å². The number of pyridine rings is 1. The lowest BCUT2D eigenvalue weighted by Gasteiger charge is -2.31. The van der Waals surface area contributed by atoms with Crippen LogP contribution in [0.5, 0.6) is 0 Å². The van der Waals surface area contributed by atoms with Crippen molar-refractivity contribution in [1.82, 2.24) is 23.3 Å². The van der Waals surface area contributed by atoms with Crippen molar-refractivity contribution < 1.29 is 0 Å². The van der Waals surface area contributed by atoms with Crippen molar-refractivity contribution in [3.8, 4) is 107 Å². The Balaban J connectivity index is 1.01. The summed E-state index contributed by atoms with van der Waals surface area (Å²) >= 11 is 0. The predicted octanol–water partition coefficient (Wildman–Crippen LogP) is 26.0. The summed E-state index contributed by atoms with van der Waals surface area (Å²) in [4.78, 5) is 5.21. The summed E-state index contributed by atoms with van der Waals surface area (Å²) in [6.45, 7) is 0. The highest BCUT2D eigenvalue weighted by atomic mass is 15.1. The van der Waals surface area contributed by atoms with E-state index in [1.54, 1.807) is 0 Å². The largest absolute Gasteiger partial charge is 0.306 e. The lowest BCUT2D eigenvalue weighted by molar-refractivity contribution is 0.792. The van der Waals surface area contributed by atoms with Gasteiger partial charge in [0, 0.05) is 66.6 Å². The summed E-state index contributed by atoms with van der Waals surface area (Å²) in [5.41, 5.74) is 30.8. The number of benzene rings is 16. The minimum absolute atomic E-state index is 0.488. The molecule has 2 aliphatic carbocycles. The van der Waals surface area contributed by atoms with Crippen LogP contribution in [0, 0.1) is 11.3 Å². The standard InChI is InChI=1S/C103H62N6/c104-62-83-99(106-89-44-21-15-36-74(89)79-58-68(48-52-93(79)106)64-26-5-1-6-27-64)101(108-91-46-23-17-38-76(91)81-60-70(50-54-95(81)108)66-30-9-3-10-31-66)98(78-40-25-43-88-97(78)84-63-105-57-56-87(84)103(88)85-41-19-13-34-72(85)73-35-14-20-42-86(73)103)102(109-92-47-24-18-39-77(92)82-61-71(51-55-96(82)109)67-32-11-4-12-33-67)100(83)107-90-45-22-16-37-75(90)80-59-69(49-53-94(80)107)65-28-7-2-8-29-65/h1-61,63H. The molecule has 0 saturated heterocycles. The topological polar surface area (TPSA) is 56.4 Å². The number of rotatable bonds is 9. The summed E-state index contributed by atoms with van der Waals surface area (Å²) < 4.78 is 10.0. The normalized spacial score (nSPS) is 12.7. The van der Waals surface area contributed by atoms with E-state index in [9.17, 15) is 5.26 Å². The molecule has 504 valence electrons. The van der Waals surface area contributed by atoms with Crippen LogP contribution in [0.1, 0.15) is 27.8 Å². The second-order valence-electron chi connectivity index (χ2n) is 29.0. The maximum atomic E-state index is 13.9. The van der Waals surface area contributed by atoms with Crippen molar-refractivity contribution >= 4 is 87.2 Å². The van der Waals surface area contributed by atoms with Gasteiger partial charge in [0.15, 0.2) is 0 Å². The summed E-state index contributed by atoms with van der Waals surface area (Å²) in [5, 5.41) is 22.5. The van der Waals surface area contributed by atoms with E-state index in [-0.39, 0.29) is 0 Å². The van der Waals surface area contributed by atoms with Gasteiger partial charge in [0.1, 0.15) is 11.6 Å². The van der Waals surface area contributed by atoms with Gasteiger partial charge in [-0.2, -0.15) is 5.26 Å². The average Bonchev–Trinajstić information content (AvgIpc) is 1.51. The summed E-state index contributed by atoms with van der Waals surface area (Å²) in [7, 11) is 0. The van der Waals surface area contributed by atoms with Crippen molar-refractivity contribution in [1.29, 1.82) is 5.26 Å². The molecule has 0 amide bonds. The van der Waals surface area contributed by atoms with Gasteiger partial charge in [0.25, 0.3) is 0 Å². The number of aromatic nitrogens is 5. The molecule has 0 unspecified atom stereocenters. The van der Waals surface area contributed by atoms with Crippen LogP contribution in [0.2, 0.25) is 0 Å². The molecular weight excluding hydrogens is 1320 g/mol. The van der Waals surface area contributed by atoms with Crippen molar-refractivity contribution in [2.24, 2.45) is 0 Å². The summed E-state index contributed by atoms with van der Waals surface area (Å²) in [6.07, 6.45) is 4.12. The molecule has 109 heavy (non-hydrogen) atoms. The van der Waals surface area contributed by atoms with Gasteiger partial charge in [-0.05, 0) is 168 Å². The average molecular weight is 1380 g/mol. The Morgan fingerprint density at radius 1 is 0.229 bits per heavy atom. The van der Waals surface area contributed by atoms with Crippen molar-refractivity contribution in [3.63, 3.8) is 0 Å². The monoisotopic (exact) mass is 1380 g/mol. The SMILES string of the molecule is N#Cc1c(-n2c3ccccc3c3cc(-c4ccccc4)ccc32)c(-n2c3ccccc3c3cc(-c4ccccc4)ccc32)c(-c2cccc3c2-c2cnccc2C32c3ccccc3-c3ccccc32)c(-n2c3ccccc3c3cc(-c4ccccc4)ccc32)c1-n1c2ccccc2c2cc(-c3ccccc3)ccc21. The number of para-hydroxylation sites is 4. The van der Waals surface area contributed by atoms with E-state index in [0.29, 0.717) is 5.56 Å². The molecule has 0 radical (unpaired) electrons. The Labute approximate surface area is 628 Å². The third kappa shape index (κ3) is 8.52. The molecular formula is C103H62N6. The second-order valence-corrected chi connectivity index (χ2v) is 29.0. The Bertz CT molecular complexity index is 7090. The first-order valence-corrected chi connectivity index (χ1v) is 37.4. The lowest BCUT2D eigenvalue weighted by Crippen LogP contribution is -2.25. The molecule has 2 aliphatic rings. The zero-order valence-corrected chi connectivity index (χ0v) is 59.0. The molecule has 16 aromatic carbocycles. The van der Waals surface area contributed by atoms with Gasteiger partial charge in [0.05, 0.1) is 72.3 Å². The molecule has 23 rings (SSSR count). The third-order valence-corrected chi connectivity index (χ3v) is 23.7. The fraction of sp³-hybridized carbons (Fsp3) is 0.00971. The van der Waals surface area contributed by atoms with Crippen molar-refractivity contribution in [2.45, 2.75) is 5.41 Å². The van der Waals surface area contributed by atoms with Gasteiger partial charge < -0.3 is 18.3 Å². The maximum absolute atomic E-state index is 13.9. The minimum atomic E-state index is -0.761.